The van der Waals surface area contributed by atoms with Crippen molar-refractivity contribution in [1.29, 1.82) is 0 Å². The average molecular weight is 445 g/mol. The second kappa shape index (κ2) is 11.1. The normalized spacial score (nSPS) is 13.9. The number of hydrogen-bond acceptors (Lipinski definition) is 10. The number of esters is 1. The molecule has 3 rings (SSSR count). The molecular formula is C21H28N6O3S. The maximum Gasteiger partial charge on any atom is 0.325 e. The van der Waals surface area contributed by atoms with Crippen LogP contribution in [0, 0.1) is 4.91 Å². The van der Waals surface area contributed by atoms with Gasteiger partial charge >= 0.3 is 5.97 Å². The molecule has 2 aromatic rings. The Bertz CT molecular complexity index is 920. The van der Waals surface area contributed by atoms with Crippen molar-refractivity contribution in [2.45, 2.75) is 38.0 Å². The number of benzene rings is 1. The van der Waals surface area contributed by atoms with Crippen molar-refractivity contribution in [2.24, 2.45) is 5.18 Å². The highest BCUT2D eigenvalue weighted by molar-refractivity contribution is 7.98. The number of ether oxygens (including phenoxy) is 1. The number of anilines is 2. The minimum Gasteiger partial charge on any atom is -0.465 e. The van der Waals surface area contributed by atoms with Crippen molar-refractivity contribution in [3.63, 3.8) is 0 Å². The second-order valence-electron chi connectivity index (χ2n) is 7.32. The number of aromatic nitrogens is 2. The van der Waals surface area contributed by atoms with Crippen molar-refractivity contribution < 1.29 is 9.53 Å². The highest BCUT2D eigenvalue weighted by Gasteiger charge is 2.23. The van der Waals surface area contributed by atoms with Gasteiger partial charge in [-0.25, -0.2) is 9.97 Å². The molecule has 166 valence electrons. The number of nitrogens with zero attached hydrogens (tertiary/aromatic N) is 5. The Balaban J connectivity index is 1.90. The fraction of sp³-hybridized carbons (Fsp3) is 0.476. The molecule has 10 heteroatoms. The Labute approximate surface area is 186 Å². The summed E-state index contributed by atoms with van der Waals surface area (Å²) in [5, 5.41) is 3.44. The summed E-state index contributed by atoms with van der Waals surface area (Å²) in [7, 11) is 0. The molecule has 2 N–H and O–H groups in total. The molecule has 0 unspecified atom stereocenters. The summed E-state index contributed by atoms with van der Waals surface area (Å²) in [4.78, 5) is 36.4. The molecule has 1 aromatic carbocycles. The van der Waals surface area contributed by atoms with Gasteiger partial charge in [0.05, 0.1) is 6.61 Å². The Hall–Kier alpha value is -2.72. The predicted octanol–water partition coefficient (Wildman–Crippen LogP) is 3.34. The van der Waals surface area contributed by atoms with Gasteiger partial charge in [-0.1, -0.05) is 36.0 Å². The molecule has 9 nitrogen and oxygen atoms in total. The summed E-state index contributed by atoms with van der Waals surface area (Å²) in [6.07, 6.45) is 4.28. The standard InChI is InChI=1S/C21H28N6O3S/c1-3-30-17(28)14-27(20-18(25-29)19(22)23-21(24-20)31-2)13-16-8-6-7-15(11-16)12-26-9-4-5-10-26/h6-8,11H,3-5,9-10,12-14H2,1-2H3,(H2,22,23,24). The molecule has 0 bridgehead atoms. The molecule has 0 aliphatic carbocycles. The number of nitrogen functional groups attached to an aromatic ring is 1. The van der Waals surface area contributed by atoms with Gasteiger partial charge < -0.3 is 15.4 Å². The number of thioether (sulfide) groups is 1. The van der Waals surface area contributed by atoms with Crippen molar-refractivity contribution in [3.05, 3.63) is 40.3 Å². The summed E-state index contributed by atoms with van der Waals surface area (Å²) in [5.41, 5.74) is 8.06. The second-order valence-corrected chi connectivity index (χ2v) is 8.10. The molecule has 31 heavy (non-hydrogen) atoms. The minimum absolute atomic E-state index is 0.0130. The Morgan fingerprint density at radius 2 is 2.03 bits per heavy atom. The molecule has 0 amide bonds. The third-order valence-electron chi connectivity index (χ3n) is 5.04. The molecule has 0 atom stereocenters. The first-order valence-electron chi connectivity index (χ1n) is 10.3. The Morgan fingerprint density at radius 3 is 2.71 bits per heavy atom. The largest absolute Gasteiger partial charge is 0.465 e. The maximum absolute atomic E-state index is 12.3. The van der Waals surface area contributed by atoms with Crippen LogP contribution in [0.15, 0.2) is 34.6 Å². The van der Waals surface area contributed by atoms with Crippen molar-refractivity contribution in [2.75, 3.05) is 43.1 Å². The highest BCUT2D eigenvalue weighted by Crippen LogP contribution is 2.34. The lowest BCUT2D eigenvalue weighted by atomic mass is 10.1. The fourth-order valence-electron chi connectivity index (χ4n) is 3.65. The van der Waals surface area contributed by atoms with Crippen LogP contribution in [0.25, 0.3) is 0 Å². The SMILES string of the molecule is CCOC(=O)CN(Cc1cccc(CN2CCCC2)c1)c1nc(SC)nc(N)c1N=O. The maximum atomic E-state index is 12.3. The van der Waals surface area contributed by atoms with E-state index in [4.69, 9.17) is 10.5 Å². The first kappa shape index (κ1) is 23.0. The van der Waals surface area contributed by atoms with Gasteiger partial charge in [0.1, 0.15) is 6.54 Å². The van der Waals surface area contributed by atoms with Crippen LogP contribution < -0.4 is 10.6 Å². The van der Waals surface area contributed by atoms with Crippen LogP contribution in [0.1, 0.15) is 30.9 Å². The van der Waals surface area contributed by atoms with E-state index in [1.807, 2.05) is 18.4 Å². The number of hydrogen-bond donors (Lipinski definition) is 1. The molecule has 1 saturated heterocycles. The lowest BCUT2D eigenvalue weighted by Crippen LogP contribution is -2.32. The van der Waals surface area contributed by atoms with Crippen LogP contribution in [-0.2, 0) is 22.6 Å². The summed E-state index contributed by atoms with van der Waals surface area (Å²) in [5.74, 6) is -0.207. The molecule has 0 saturated carbocycles. The van der Waals surface area contributed by atoms with Gasteiger partial charge in [-0.05, 0) is 55.4 Å². The smallest absolute Gasteiger partial charge is 0.325 e. The topological polar surface area (TPSA) is 114 Å². The molecular weight excluding hydrogens is 416 g/mol. The van der Waals surface area contributed by atoms with Crippen molar-refractivity contribution >= 4 is 35.1 Å². The number of rotatable bonds is 10. The number of carbonyl (C=O) groups excluding carboxylic acids is 1. The predicted molar refractivity (Wildman–Crippen MR) is 122 cm³/mol. The molecule has 1 fully saturated rings. The Kier molecular flexibility index (Phi) is 8.19. The molecule has 2 heterocycles. The van der Waals surface area contributed by atoms with E-state index in [0.29, 0.717) is 11.7 Å². The van der Waals surface area contributed by atoms with Crippen molar-refractivity contribution in [1.82, 2.24) is 14.9 Å². The van der Waals surface area contributed by atoms with E-state index in [1.165, 1.54) is 30.2 Å². The summed E-state index contributed by atoms with van der Waals surface area (Å²) < 4.78 is 5.13. The monoisotopic (exact) mass is 444 g/mol. The van der Waals surface area contributed by atoms with Gasteiger partial charge in [0.25, 0.3) is 0 Å². The molecule has 0 spiro atoms. The van der Waals surface area contributed by atoms with Crippen LogP contribution in [0.3, 0.4) is 0 Å². The van der Waals surface area contributed by atoms with Gasteiger partial charge in [-0.15, -0.1) is 4.91 Å². The number of likely N-dealkylation sites (tertiary alicyclic amines) is 1. The van der Waals surface area contributed by atoms with Crippen LogP contribution >= 0.6 is 11.8 Å². The molecule has 1 aromatic heterocycles. The first-order chi connectivity index (χ1) is 15.0. The van der Waals surface area contributed by atoms with Gasteiger partial charge in [0.2, 0.25) is 0 Å². The number of carbonyl (C=O) groups is 1. The van der Waals surface area contributed by atoms with Crippen LogP contribution in [-0.4, -0.2) is 53.3 Å². The van der Waals surface area contributed by atoms with Gasteiger partial charge in [-0.3, -0.25) is 9.69 Å². The van der Waals surface area contributed by atoms with Crippen molar-refractivity contribution in [3.8, 4) is 0 Å². The quantitative estimate of drug-likeness (QED) is 0.255. The van der Waals surface area contributed by atoms with E-state index in [1.54, 1.807) is 11.8 Å². The summed E-state index contributed by atoms with van der Waals surface area (Å²) in [6.45, 7) is 5.40. The molecule has 0 radical (unpaired) electrons. The fourth-order valence-corrected chi connectivity index (χ4v) is 4.02. The zero-order valence-electron chi connectivity index (χ0n) is 17.9. The zero-order chi connectivity index (χ0) is 22.2. The molecule has 1 aliphatic heterocycles. The van der Waals surface area contributed by atoms with Crippen LogP contribution in [0.2, 0.25) is 0 Å². The van der Waals surface area contributed by atoms with E-state index in [-0.39, 0.29) is 30.5 Å². The van der Waals surface area contributed by atoms with E-state index in [0.717, 1.165) is 25.2 Å². The van der Waals surface area contributed by atoms with Gasteiger partial charge in [0.15, 0.2) is 22.5 Å². The highest BCUT2D eigenvalue weighted by atomic mass is 32.2. The van der Waals surface area contributed by atoms with Gasteiger partial charge in [0, 0.05) is 13.1 Å². The lowest BCUT2D eigenvalue weighted by molar-refractivity contribution is -0.141. The first-order valence-corrected chi connectivity index (χ1v) is 11.5. The van der Waals surface area contributed by atoms with Crippen LogP contribution in [0.5, 0.6) is 0 Å². The Morgan fingerprint density at radius 1 is 1.29 bits per heavy atom. The van der Waals surface area contributed by atoms with Crippen LogP contribution in [0.4, 0.5) is 17.3 Å². The van der Waals surface area contributed by atoms with E-state index in [9.17, 15) is 9.70 Å². The third kappa shape index (κ3) is 6.14. The number of nitrogens with two attached hydrogens (primary N) is 1. The van der Waals surface area contributed by atoms with E-state index in [2.05, 4.69) is 32.2 Å². The zero-order valence-corrected chi connectivity index (χ0v) is 18.7. The van der Waals surface area contributed by atoms with E-state index >= 15 is 0 Å². The third-order valence-corrected chi connectivity index (χ3v) is 5.59. The summed E-state index contributed by atoms with van der Waals surface area (Å²) in [6, 6.07) is 8.21. The van der Waals surface area contributed by atoms with E-state index < -0.39 is 5.97 Å². The van der Waals surface area contributed by atoms with Gasteiger partial charge in [-0.2, -0.15) is 0 Å². The summed E-state index contributed by atoms with van der Waals surface area (Å²) >= 11 is 1.30. The lowest BCUT2D eigenvalue weighted by Gasteiger charge is -2.24. The minimum atomic E-state index is -0.421. The average Bonchev–Trinajstić information content (AvgIpc) is 3.26. The number of nitroso groups, excluding NO2 is 1. The molecule has 1 aliphatic rings.